The molecule has 0 aliphatic rings. The van der Waals surface area contributed by atoms with Crippen molar-refractivity contribution in [3.8, 4) is 0 Å². The van der Waals surface area contributed by atoms with Crippen LogP contribution in [0.1, 0.15) is 37.4 Å². The molecule has 4 nitrogen and oxygen atoms in total. The Hall–Kier alpha value is -1.10. The van der Waals surface area contributed by atoms with Gasteiger partial charge in [0.15, 0.2) is 0 Å². The van der Waals surface area contributed by atoms with Gasteiger partial charge in [-0.05, 0) is 32.5 Å². The zero-order valence-corrected chi connectivity index (χ0v) is 15.1. The zero-order chi connectivity index (χ0) is 16.0. The van der Waals surface area contributed by atoms with Gasteiger partial charge in [-0.15, -0.1) is 12.4 Å². The number of amides is 1. The summed E-state index contributed by atoms with van der Waals surface area (Å²) in [6, 6.07) is 8.13. The van der Waals surface area contributed by atoms with Crippen molar-refractivity contribution < 1.29 is 4.79 Å². The molecule has 0 bridgehead atoms. The normalized spacial score (nSPS) is 14.9. The third-order valence-corrected chi connectivity index (χ3v) is 4.11. The van der Waals surface area contributed by atoms with Crippen molar-refractivity contribution in [1.29, 1.82) is 0 Å². The van der Waals surface area contributed by atoms with Crippen LogP contribution in [0.2, 0.25) is 0 Å². The number of nitrogens with one attached hydrogen (secondary N) is 1. The lowest BCUT2D eigenvalue weighted by Gasteiger charge is -2.26. The highest BCUT2D eigenvalue weighted by Crippen LogP contribution is 2.18. The maximum Gasteiger partial charge on any atom is 0.237 e. The molecule has 0 fully saturated rings. The number of aryl methyl sites for hydroxylation is 1. The molecule has 1 aromatic carbocycles. The minimum Gasteiger partial charge on any atom is -0.353 e. The molecule has 5 heteroatoms. The molecule has 3 unspecified atom stereocenters. The number of benzene rings is 1. The zero-order valence-electron chi connectivity index (χ0n) is 14.3. The Bertz CT molecular complexity index is 448. The van der Waals surface area contributed by atoms with Crippen molar-refractivity contribution in [3.63, 3.8) is 0 Å². The van der Waals surface area contributed by atoms with Gasteiger partial charge in [0.25, 0.3) is 0 Å². The predicted octanol–water partition coefficient (Wildman–Crippen LogP) is 2.51. The number of hydrogen-bond donors (Lipinski definition) is 2. The van der Waals surface area contributed by atoms with Crippen LogP contribution < -0.4 is 11.1 Å². The Morgan fingerprint density at radius 3 is 2.27 bits per heavy atom. The Morgan fingerprint density at radius 1 is 1.27 bits per heavy atom. The van der Waals surface area contributed by atoms with Crippen LogP contribution in [0.25, 0.3) is 0 Å². The second-order valence-corrected chi connectivity index (χ2v) is 6.05. The summed E-state index contributed by atoms with van der Waals surface area (Å²) in [5, 5.41) is 2.99. The average molecular weight is 328 g/mol. The molecule has 0 saturated carbocycles. The smallest absolute Gasteiger partial charge is 0.237 e. The van der Waals surface area contributed by atoms with Crippen molar-refractivity contribution >= 4 is 18.3 Å². The van der Waals surface area contributed by atoms with E-state index in [1.54, 1.807) is 0 Å². The van der Waals surface area contributed by atoms with E-state index in [2.05, 4.69) is 41.4 Å². The number of nitrogens with two attached hydrogens (primary N) is 1. The van der Waals surface area contributed by atoms with E-state index in [1.807, 2.05) is 27.9 Å². The lowest BCUT2D eigenvalue weighted by atomic mass is 9.99. The van der Waals surface area contributed by atoms with Gasteiger partial charge in [0, 0.05) is 6.54 Å². The van der Waals surface area contributed by atoms with Crippen molar-refractivity contribution in [2.45, 2.75) is 39.3 Å². The van der Waals surface area contributed by atoms with Gasteiger partial charge in [-0.3, -0.25) is 4.79 Å². The molecule has 126 valence electrons. The summed E-state index contributed by atoms with van der Waals surface area (Å²) in [5.41, 5.74) is 8.40. The second-order valence-electron chi connectivity index (χ2n) is 6.05. The standard InChI is InChI=1S/C17H29N3O.ClH/c1-6-13(3)16(18)17(21)19-11-15(20(4)5)14-9-7-12(2)8-10-14;/h7-10,13,15-16H,6,11,18H2,1-5H3,(H,19,21);1H. The fraction of sp³-hybridized carbons (Fsp3) is 0.588. The molecule has 0 heterocycles. The van der Waals surface area contributed by atoms with Crippen LogP contribution in [0.3, 0.4) is 0 Å². The van der Waals surface area contributed by atoms with E-state index in [-0.39, 0.29) is 30.3 Å². The molecular formula is C17H30ClN3O. The third kappa shape index (κ3) is 5.95. The van der Waals surface area contributed by atoms with Crippen molar-refractivity contribution in [2.75, 3.05) is 20.6 Å². The molecular weight excluding hydrogens is 298 g/mol. The molecule has 0 saturated heterocycles. The quantitative estimate of drug-likeness (QED) is 0.809. The summed E-state index contributed by atoms with van der Waals surface area (Å²) in [7, 11) is 4.04. The maximum atomic E-state index is 12.1. The van der Waals surface area contributed by atoms with E-state index < -0.39 is 6.04 Å². The fourth-order valence-corrected chi connectivity index (χ4v) is 2.21. The van der Waals surface area contributed by atoms with Gasteiger partial charge in [0.2, 0.25) is 5.91 Å². The molecule has 3 N–H and O–H groups in total. The van der Waals surface area contributed by atoms with E-state index in [1.165, 1.54) is 11.1 Å². The molecule has 22 heavy (non-hydrogen) atoms. The number of halogens is 1. The number of carbonyl (C=O) groups is 1. The van der Waals surface area contributed by atoms with Crippen LogP contribution in [0.15, 0.2) is 24.3 Å². The predicted molar refractivity (Wildman–Crippen MR) is 95.3 cm³/mol. The lowest BCUT2D eigenvalue weighted by Crippen LogP contribution is -2.46. The number of likely N-dealkylation sites (N-methyl/N-ethyl adjacent to an activating group) is 1. The maximum absolute atomic E-state index is 12.1. The van der Waals surface area contributed by atoms with Gasteiger partial charge < -0.3 is 16.0 Å². The van der Waals surface area contributed by atoms with Crippen LogP contribution in [-0.2, 0) is 4.79 Å². The molecule has 0 aromatic heterocycles. The van der Waals surface area contributed by atoms with Gasteiger partial charge >= 0.3 is 0 Å². The van der Waals surface area contributed by atoms with Gasteiger partial charge in [0.1, 0.15) is 0 Å². The Kier molecular flexibility index (Phi) is 9.33. The topological polar surface area (TPSA) is 58.4 Å². The number of nitrogens with zero attached hydrogens (tertiary/aromatic N) is 1. The fourth-order valence-electron chi connectivity index (χ4n) is 2.21. The van der Waals surface area contributed by atoms with Crippen LogP contribution in [0.4, 0.5) is 0 Å². The largest absolute Gasteiger partial charge is 0.353 e. The monoisotopic (exact) mass is 327 g/mol. The highest BCUT2D eigenvalue weighted by Gasteiger charge is 2.21. The molecule has 1 amide bonds. The molecule has 1 aromatic rings. The molecule has 0 spiro atoms. The first-order valence-electron chi connectivity index (χ1n) is 7.63. The summed E-state index contributed by atoms with van der Waals surface area (Å²) in [6.07, 6.45) is 0.906. The van der Waals surface area contributed by atoms with E-state index in [0.29, 0.717) is 6.54 Å². The number of carbonyl (C=O) groups excluding carboxylic acids is 1. The summed E-state index contributed by atoms with van der Waals surface area (Å²) in [6.45, 7) is 6.70. The first-order chi connectivity index (χ1) is 9.86. The van der Waals surface area contributed by atoms with Gasteiger partial charge in [-0.25, -0.2) is 0 Å². The van der Waals surface area contributed by atoms with E-state index in [4.69, 9.17) is 5.73 Å². The van der Waals surface area contributed by atoms with Crippen LogP contribution >= 0.6 is 12.4 Å². The van der Waals surface area contributed by atoms with Crippen LogP contribution in [-0.4, -0.2) is 37.5 Å². The molecule has 0 aliphatic heterocycles. The molecule has 0 aliphatic carbocycles. The van der Waals surface area contributed by atoms with E-state index >= 15 is 0 Å². The SMILES string of the molecule is CCC(C)C(N)C(=O)NCC(c1ccc(C)cc1)N(C)C.Cl. The van der Waals surface area contributed by atoms with E-state index in [0.717, 1.165) is 6.42 Å². The first kappa shape index (κ1) is 20.9. The van der Waals surface area contributed by atoms with Gasteiger partial charge in [0.05, 0.1) is 12.1 Å². The van der Waals surface area contributed by atoms with Gasteiger partial charge in [-0.2, -0.15) is 0 Å². The lowest BCUT2D eigenvalue weighted by molar-refractivity contribution is -0.123. The van der Waals surface area contributed by atoms with Crippen LogP contribution in [0.5, 0.6) is 0 Å². The summed E-state index contributed by atoms with van der Waals surface area (Å²) in [5.74, 6) is 0.130. The summed E-state index contributed by atoms with van der Waals surface area (Å²) < 4.78 is 0. The highest BCUT2D eigenvalue weighted by molar-refractivity contribution is 5.85. The summed E-state index contributed by atoms with van der Waals surface area (Å²) >= 11 is 0. The van der Waals surface area contributed by atoms with Crippen molar-refractivity contribution in [3.05, 3.63) is 35.4 Å². The Balaban J connectivity index is 0.00000441. The van der Waals surface area contributed by atoms with Crippen LogP contribution in [0, 0.1) is 12.8 Å². The second kappa shape index (κ2) is 9.82. The van der Waals surface area contributed by atoms with Crippen molar-refractivity contribution in [2.24, 2.45) is 11.7 Å². The summed E-state index contributed by atoms with van der Waals surface area (Å²) in [4.78, 5) is 14.2. The Labute approximate surface area is 140 Å². The Morgan fingerprint density at radius 2 is 1.82 bits per heavy atom. The number of hydrogen-bond acceptors (Lipinski definition) is 3. The average Bonchev–Trinajstić information content (AvgIpc) is 2.47. The minimum atomic E-state index is -0.434. The first-order valence-corrected chi connectivity index (χ1v) is 7.63. The molecule has 3 atom stereocenters. The molecule has 0 radical (unpaired) electrons. The van der Waals surface area contributed by atoms with Crippen molar-refractivity contribution in [1.82, 2.24) is 10.2 Å². The number of rotatable bonds is 7. The minimum absolute atomic E-state index is 0. The van der Waals surface area contributed by atoms with Gasteiger partial charge in [-0.1, -0.05) is 50.1 Å². The third-order valence-electron chi connectivity index (χ3n) is 4.11. The molecule has 1 rings (SSSR count). The highest BCUT2D eigenvalue weighted by atomic mass is 35.5. The van der Waals surface area contributed by atoms with E-state index in [9.17, 15) is 4.79 Å².